The topological polar surface area (TPSA) is 78.3 Å². The van der Waals surface area contributed by atoms with E-state index in [4.69, 9.17) is 9.47 Å². The summed E-state index contributed by atoms with van der Waals surface area (Å²) >= 11 is 0. The lowest BCUT2D eigenvalue weighted by Crippen LogP contribution is -2.40. The lowest BCUT2D eigenvalue weighted by molar-refractivity contribution is -0.0553. The first kappa shape index (κ1) is 17.7. The third-order valence-corrected chi connectivity index (χ3v) is 4.57. The van der Waals surface area contributed by atoms with Crippen LogP contribution in [0.5, 0.6) is 0 Å². The molecule has 1 atom stereocenters. The van der Waals surface area contributed by atoms with Gasteiger partial charge in [-0.15, -0.1) is 0 Å². The number of nitrogens with zero attached hydrogens (tertiary/aromatic N) is 3. The highest BCUT2D eigenvalue weighted by molar-refractivity contribution is 6.05. The molecule has 1 fully saturated rings. The van der Waals surface area contributed by atoms with Gasteiger partial charge in [-0.3, -0.25) is 4.68 Å². The molecule has 0 aliphatic carbocycles. The zero-order valence-corrected chi connectivity index (χ0v) is 15.5. The van der Waals surface area contributed by atoms with E-state index in [1.54, 1.807) is 17.8 Å². The van der Waals surface area contributed by atoms with Gasteiger partial charge in [0.05, 0.1) is 29.0 Å². The maximum Gasteiger partial charge on any atom is 0.341 e. The SMILES string of the molecule is CCOC(=O)c1cnc2c(c(C)nn2C)c1NC1CCOC(C)(C)C1. The Kier molecular flexibility index (Phi) is 4.69. The Bertz CT molecular complexity index is 797. The summed E-state index contributed by atoms with van der Waals surface area (Å²) in [5, 5.41) is 8.90. The van der Waals surface area contributed by atoms with Crippen molar-refractivity contribution in [3.63, 3.8) is 0 Å². The Morgan fingerprint density at radius 3 is 2.96 bits per heavy atom. The van der Waals surface area contributed by atoms with Crippen molar-refractivity contribution in [2.75, 3.05) is 18.5 Å². The molecule has 1 aliphatic rings. The summed E-state index contributed by atoms with van der Waals surface area (Å²) in [5.41, 5.74) is 2.62. The van der Waals surface area contributed by atoms with Gasteiger partial charge in [0, 0.05) is 25.9 Å². The van der Waals surface area contributed by atoms with E-state index in [2.05, 4.69) is 29.2 Å². The van der Waals surface area contributed by atoms with Crippen LogP contribution in [0.4, 0.5) is 5.69 Å². The number of hydrogen-bond acceptors (Lipinski definition) is 6. The number of carbonyl (C=O) groups excluding carboxylic acids is 1. The molecule has 25 heavy (non-hydrogen) atoms. The largest absolute Gasteiger partial charge is 0.462 e. The molecule has 2 aromatic heterocycles. The first-order chi connectivity index (χ1) is 11.8. The molecule has 0 saturated carbocycles. The van der Waals surface area contributed by atoms with Gasteiger partial charge in [-0.1, -0.05) is 0 Å². The summed E-state index contributed by atoms with van der Waals surface area (Å²) in [5.74, 6) is -0.367. The van der Waals surface area contributed by atoms with Gasteiger partial charge in [0.15, 0.2) is 5.65 Å². The minimum absolute atomic E-state index is 0.184. The molecular formula is C18H26N4O3. The van der Waals surface area contributed by atoms with Crippen LogP contribution in [-0.2, 0) is 16.5 Å². The van der Waals surface area contributed by atoms with Crippen molar-refractivity contribution in [2.45, 2.75) is 52.2 Å². The van der Waals surface area contributed by atoms with E-state index in [1.807, 2.05) is 14.0 Å². The third kappa shape index (κ3) is 3.46. The van der Waals surface area contributed by atoms with Crippen LogP contribution in [0.3, 0.4) is 0 Å². The van der Waals surface area contributed by atoms with E-state index in [1.165, 1.54) is 0 Å². The lowest BCUT2D eigenvalue weighted by Gasteiger charge is -2.36. The van der Waals surface area contributed by atoms with Gasteiger partial charge in [0.1, 0.15) is 5.56 Å². The lowest BCUT2D eigenvalue weighted by atomic mass is 9.93. The fourth-order valence-corrected chi connectivity index (χ4v) is 3.48. The van der Waals surface area contributed by atoms with E-state index in [0.717, 1.165) is 35.3 Å². The van der Waals surface area contributed by atoms with Crippen LogP contribution in [-0.4, -0.2) is 45.6 Å². The van der Waals surface area contributed by atoms with Crippen molar-refractivity contribution < 1.29 is 14.3 Å². The smallest absolute Gasteiger partial charge is 0.341 e. The Morgan fingerprint density at radius 2 is 2.28 bits per heavy atom. The maximum absolute atomic E-state index is 12.4. The third-order valence-electron chi connectivity index (χ3n) is 4.57. The van der Waals surface area contributed by atoms with E-state index in [0.29, 0.717) is 18.8 Å². The first-order valence-electron chi connectivity index (χ1n) is 8.72. The van der Waals surface area contributed by atoms with Crippen molar-refractivity contribution in [2.24, 2.45) is 7.05 Å². The predicted molar refractivity (Wildman–Crippen MR) is 95.9 cm³/mol. The Labute approximate surface area is 147 Å². The molecule has 1 aliphatic heterocycles. The molecule has 0 bridgehead atoms. The van der Waals surface area contributed by atoms with Gasteiger partial charge in [-0.05, 0) is 40.5 Å². The molecule has 0 spiro atoms. The van der Waals surface area contributed by atoms with Crippen LogP contribution in [0.2, 0.25) is 0 Å². The number of hydrogen-bond donors (Lipinski definition) is 1. The van der Waals surface area contributed by atoms with E-state index in [-0.39, 0.29) is 17.6 Å². The summed E-state index contributed by atoms with van der Waals surface area (Å²) in [6.07, 6.45) is 3.32. The van der Waals surface area contributed by atoms with E-state index < -0.39 is 0 Å². The Hall–Kier alpha value is -2.15. The van der Waals surface area contributed by atoms with E-state index >= 15 is 0 Å². The molecule has 3 heterocycles. The maximum atomic E-state index is 12.4. The molecule has 7 nitrogen and oxygen atoms in total. The number of carbonyl (C=O) groups is 1. The summed E-state index contributed by atoms with van der Waals surface area (Å²) in [6, 6.07) is 0.210. The highest BCUT2D eigenvalue weighted by Gasteiger charge is 2.30. The van der Waals surface area contributed by atoms with Crippen LogP contribution < -0.4 is 5.32 Å². The molecule has 1 saturated heterocycles. The summed E-state index contributed by atoms with van der Waals surface area (Å²) in [7, 11) is 1.85. The molecule has 1 N–H and O–H groups in total. The average molecular weight is 346 g/mol. The number of ether oxygens (including phenoxy) is 2. The highest BCUT2D eigenvalue weighted by atomic mass is 16.5. The van der Waals surface area contributed by atoms with Crippen LogP contribution in [0.1, 0.15) is 49.7 Å². The number of pyridine rings is 1. The fourth-order valence-electron chi connectivity index (χ4n) is 3.48. The van der Waals surface area contributed by atoms with Crippen molar-refractivity contribution in [3.05, 3.63) is 17.5 Å². The Balaban J connectivity index is 2.06. The average Bonchev–Trinajstić information content (AvgIpc) is 2.82. The fraction of sp³-hybridized carbons (Fsp3) is 0.611. The van der Waals surface area contributed by atoms with Crippen LogP contribution in [0.25, 0.3) is 11.0 Å². The van der Waals surface area contributed by atoms with Gasteiger partial charge in [-0.25, -0.2) is 9.78 Å². The minimum Gasteiger partial charge on any atom is -0.462 e. The van der Waals surface area contributed by atoms with Gasteiger partial charge < -0.3 is 14.8 Å². The Morgan fingerprint density at radius 1 is 1.52 bits per heavy atom. The first-order valence-corrected chi connectivity index (χ1v) is 8.72. The number of fused-ring (bicyclic) bond motifs is 1. The monoisotopic (exact) mass is 346 g/mol. The number of aryl methyl sites for hydroxylation is 2. The summed E-state index contributed by atoms with van der Waals surface area (Å²) in [6.45, 7) is 8.92. The number of anilines is 1. The number of aromatic nitrogens is 3. The molecule has 2 aromatic rings. The highest BCUT2D eigenvalue weighted by Crippen LogP contribution is 2.33. The van der Waals surface area contributed by atoms with Crippen molar-refractivity contribution in [1.82, 2.24) is 14.8 Å². The zero-order chi connectivity index (χ0) is 18.2. The summed E-state index contributed by atoms with van der Waals surface area (Å²) in [4.78, 5) is 16.9. The molecule has 7 heteroatoms. The standard InChI is InChI=1S/C18H26N4O3/c1-6-24-17(23)13-10-19-16-14(11(2)21-22(16)5)15(13)20-12-7-8-25-18(3,4)9-12/h10,12H,6-9H2,1-5H3,(H,19,20). The number of esters is 1. The minimum atomic E-state index is -0.367. The van der Waals surface area contributed by atoms with Crippen LogP contribution in [0.15, 0.2) is 6.20 Å². The molecular weight excluding hydrogens is 320 g/mol. The van der Waals surface area contributed by atoms with Gasteiger partial charge in [0.2, 0.25) is 0 Å². The van der Waals surface area contributed by atoms with Gasteiger partial charge in [-0.2, -0.15) is 5.10 Å². The van der Waals surface area contributed by atoms with E-state index in [9.17, 15) is 4.79 Å². The van der Waals surface area contributed by atoms with Crippen molar-refractivity contribution in [3.8, 4) is 0 Å². The molecule has 136 valence electrons. The molecule has 0 amide bonds. The number of nitrogens with one attached hydrogen (secondary N) is 1. The second-order valence-corrected chi connectivity index (χ2v) is 7.12. The summed E-state index contributed by atoms with van der Waals surface area (Å²) < 4.78 is 12.8. The van der Waals surface area contributed by atoms with Crippen LogP contribution in [0, 0.1) is 6.92 Å². The van der Waals surface area contributed by atoms with Crippen LogP contribution >= 0.6 is 0 Å². The quantitative estimate of drug-likeness (QED) is 0.858. The van der Waals surface area contributed by atoms with Gasteiger partial charge >= 0.3 is 5.97 Å². The van der Waals surface area contributed by atoms with Gasteiger partial charge in [0.25, 0.3) is 0 Å². The second-order valence-electron chi connectivity index (χ2n) is 7.12. The number of rotatable bonds is 4. The van der Waals surface area contributed by atoms with Crippen molar-refractivity contribution >= 4 is 22.7 Å². The predicted octanol–water partition coefficient (Wildman–Crippen LogP) is 2.82. The zero-order valence-electron chi connectivity index (χ0n) is 15.5. The van der Waals surface area contributed by atoms with Crippen molar-refractivity contribution in [1.29, 1.82) is 0 Å². The normalized spacial score (nSPS) is 19.8. The molecule has 3 rings (SSSR count). The molecule has 0 aromatic carbocycles. The molecule has 1 unspecified atom stereocenters. The molecule has 0 radical (unpaired) electrons. The second kappa shape index (κ2) is 6.63.